The van der Waals surface area contributed by atoms with Gasteiger partial charge in [-0.1, -0.05) is 0 Å². The summed E-state index contributed by atoms with van der Waals surface area (Å²) < 4.78 is 22.7. The number of nitrogens with zero attached hydrogens (tertiary/aromatic N) is 1. The van der Waals surface area contributed by atoms with Gasteiger partial charge in [-0.05, 0) is 24.6 Å². The van der Waals surface area contributed by atoms with E-state index >= 15 is 0 Å². The van der Waals surface area contributed by atoms with Crippen LogP contribution in [0.25, 0.3) is 0 Å². The molecule has 84 valence electrons. The molecule has 0 saturated heterocycles. The number of rotatable bonds is 3. The highest BCUT2D eigenvalue weighted by atomic mass is 32.2. The largest absolute Gasteiger partial charge is 0.373 e. The van der Waals surface area contributed by atoms with Gasteiger partial charge in [-0.2, -0.15) is 0 Å². The number of pyridine rings is 1. The van der Waals surface area contributed by atoms with Crippen molar-refractivity contribution in [2.45, 2.75) is 18.0 Å². The Morgan fingerprint density at radius 2 is 2.07 bits per heavy atom. The third-order valence-electron chi connectivity index (χ3n) is 1.99. The zero-order valence-corrected chi connectivity index (χ0v) is 9.80. The van der Waals surface area contributed by atoms with Gasteiger partial charge in [0.2, 0.25) is 0 Å². The van der Waals surface area contributed by atoms with Gasteiger partial charge in [0.1, 0.15) is 5.82 Å². The van der Waals surface area contributed by atoms with Crippen LogP contribution in [0.2, 0.25) is 0 Å². The highest BCUT2D eigenvalue weighted by molar-refractivity contribution is 7.90. The molecule has 0 radical (unpaired) electrons. The summed E-state index contributed by atoms with van der Waals surface area (Å²) in [6, 6.07) is 3.01. The average Bonchev–Trinajstić information content (AvgIpc) is 2.15. The molecule has 0 aromatic carbocycles. The molecule has 0 spiro atoms. The van der Waals surface area contributed by atoms with Gasteiger partial charge in [-0.15, -0.1) is 0 Å². The summed E-state index contributed by atoms with van der Waals surface area (Å²) in [6.45, 7) is 1.79. The molecule has 5 nitrogen and oxygen atoms in total. The van der Waals surface area contributed by atoms with Gasteiger partial charge >= 0.3 is 0 Å². The van der Waals surface area contributed by atoms with Gasteiger partial charge < -0.3 is 11.1 Å². The number of hydrogen-bond donors (Lipinski definition) is 2. The van der Waals surface area contributed by atoms with Crippen LogP contribution in [0.5, 0.6) is 0 Å². The first kappa shape index (κ1) is 11.9. The molecule has 0 bridgehead atoms. The maximum Gasteiger partial charge on any atom is 0.192 e. The molecule has 6 heteroatoms. The Morgan fingerprint density at radius 3 is 2.47 bits per heavy atom. The van der Waals surface area contributed by atoms with Crippen molar-refractivity contribution in [1.29, 1.82) is 0 Å². The lowest BCUT2D eigenvalue weighted by atomic mass is 10.1. The molecule has 0 unspecified atom stereocenters. The van der Waals surface area contributed by atoms with E-state index in [2.05, 4.69) is 10.3 Å². The number of aromatic nitrogens is 1. The maximum absolute atomic E-state index is 11.3. The van der Waals surface area contributed by atoms with Crippen LogP contribution in [0.4, 0.5) is 5.82 Å². The highest BCUT2D eigenvalue weighted by Gasteiger charge is 2.13. The van der Waals surface area contributed by atoms with Crippen LogP contribution >= 0.6 is 0 Å². The SMILES string of the molecule is CNc1cc([C@H](C)N)cc(S(C)(=O)=O)n1. The van der Waals surface area contributed by atoms with E-state index in [4.69, 9.17) is 5.73 Å². The zero-order valence-electron chi connectivity index (χ0n) is 8.98. The lowest BCUT2D eigenvalue weighted by molar-refractivity contribution is 0.598. The third-order valence-corrected chi connectivity index (χ3v) is 2.95. The van der Waals surface area contributed by atoms with E-state index in [0.29, 0.717) is 5.82 Å². The number of hydrogen-bond acceptors (Lipinski definition) is 5. The second-order valence-corrected chi connectivity index (χ2v) is 5.40. The van der Waals surface area contributed by atoms with E-state index < -0.39 is 9.84 Å². The molecule has 3 N–H and O–H groups in total. The van der Waals surface area contributed by atoms with Crippen molar-refractivity contribution >= 4 is 15.7 Å². The predicted molar refractivity (Wildman–Crippen MR) is 59.5 cm³/mol. The minimum absolute atomic E-state index is 0.0432. The van der Waals surface area contributed by atoms with Crippen molar-refractivity contribution in [3.8, 4) is 0 Å². The lowest BCUT2D eigenvalue weighted by Crippen LogP contribution is -2.10. The van der Waals surface area contributed by atoms with Crippen LogP contribution < -0.4 is 11.1 Å². The fourth-order valence-corrected chi connectivity index (χ4v) is 1.72. The Balaban J connectivity index is 3.36. The van der Waals surface area contributed by atoms with Crippen molar-refractivity contribution < 1.29 is 8.42 Å². The average molecular weight is 229 g/mol. The van der Waals surface area contributed by atoms with E-state index in [1.807, 2.05) is 0 Å². The van der Waals surface area contributed by atoms with Gasteiger partial charge in [0.25, 0.3) is 0 Å². The smallest absolute Gasteiger partial charge is 0.192 e. The summed E-state index contributed by atoms with van der Waals surface area (Å²) in [7, 11) is -1.62. The Labute approximate surface area is 89.6 Å². The molecule has 0 saturated carbocycles. The summed E-state index contributed by atoms with van der Waals surface area (Å²) in [5.74, 6) is 0.505. The topological polar surface area (TPSA) is 85.1 Å². The molecule has 1 atom stereocenters. The van der Waals surface area contributed by atoms with E-state index in [-0.39, 0.29) is 11.1 Å². The van der Waals surface area contributed by atoms with Gasteiger partial charge in [0.05, 0.1) is 0 Å². The predicted octanol–water partition coefficient (Wildman–Crippen LogP) is 0.547. The molecular formula is C9H15N3O2S. The van der Waals surface area contributed by atoms with Crippen LogP contribution in [0.15, 0.2) is 17.2 Å². The molecule has 1 heterocycles. The third kappa shape index (κ3) is 2.90. The van der Waals surface area contributed by atoms with Crippen molar-refractivity contribution in [2.75, 3.05) is 18.6 Å². The Kier molecular flexibility index (Phi) is 3.31. The van der Waals surface area contributed by atoms with E-state index in [0.717, 1.165) is 11.8 Å². The van der Waals surface area contributed by atoms with Crippen molar-refractivity contribution in [1.82, 2.24) is 4.98 Å². The first-order valence-electron chi connectivity index (χ1n) is 4.50. The minimum Gasteiger partial charge on any atom is -0.373 e. The number of nitrogens with one attached hydrogen (secondary N) is 1. The van der Waals surface area contributed by atoms with E-state index in [1.165, 1.54) is 6.07 Å². The normalized spacial score (nSPS) is 13.6. The Morgan fingerprint density at radius 1 is 1.47 bits per heavy atom. The summed E-state index contributed by atoms with van der Waals surface area (Å²) in [6.07, 6.45) is 1.12. The first-order chi connectivity index (χ1) is 6.84. The van der Waals surface area contributed by atoms with Gasteiger partial charge in [-0.3, -0.25) is 0 Å². The molecule has 1 rings (SSSR count). The van der Waals surface area contributed by atoms with Gasteiger partial charge in [-0.25, -0.2) is 13.4 Å². The molecule has 1 aromatic rings. The summed E-state index contributed by atoms with van der Waals surface area (Å²) in [5.41, 5.74) is 6.44. The summed E-state index contributed by atoms with van der Waals surface area (Å²) >= 11 is 0. The molecule has 0 amide bonds. The van der Waals surface area contributed by atoms with Gasteiger partial charge in [0.15, 0.2) is 14.9 Å². The van der Waals surface area contributed by atoms with Crippen molar-refractivity contribution in [3.63, 3.8) is 0 Å². The summed E-state index contributed by atoms with van der Waals surface area (Å²) in [5, 5.41) is 2.85. The minimum atomic E-state index is -3.30. The fourth-order valence-electron chi connectivity index (χ4n) is 1.11. The van der Waals surface area contributed by atoms with Crippen LogP contribution in [0.1, 0.15) is 18.5 Å². The number of sulfone groups is 1. The molecule has 0 aliphatic carbocycles. The lowest BCUT2D eigenvalue weighted by Gasteiger charge is -2.09. The van der Waals surface area contributed by atoms with Crippen LogP contribution in [0, 0.1) is 0 Å². The van der Waals surface area contributed by atoms with Crippen LogP contribution in [-0.2, 0) is 9.84 Å². The summed E-state index contributed by atoms with van der Waals surface area (Å²) in [4.78, 5) is 3.95. The maximum atomic E-state index is 11.3. The Hall–Kier alpha value is -1.14. The Bertz CT molecular complexity index is 454. The van der Waals surface area contributed by atoms with Gasteiger partial charge in [0, 0.05) is 19.3 Å². The molecule has 0 aliphatic rings. The van der Waals surface area contributed by atoms with E-state index in [9.17, 15) is 8.42 Å². The highest BCUT2D eigenvalue weighted by Crippen LogP contribution is 2.18. The van der Waals surface area contributed by atoms with E-state index in [1.54, 1.807) is 20.0 Å². The molecule has 0 aliphatic heterocycles. The number of nitrogens with two attached hydrogens (primary N) is 1. The monoisotopic (exact) mass is 229 g/mol. The van der Waals surface area contributed by atoms with Crippen molar-refractivity contribution in [3.05, 3.63) is 17.7 Å². The zero-order chi connectivity index (χ0) is 11.6. The molecule has 15 heavy (non-hydrogen) atoms. The second-order valence-electron chi connectivity index (χ2n) is 3.43. The fraction of sp³-hybridized carbons (Fsp3) is 0.444. The molecule has 1 aromatic heterocycles. The molecule has 0 fully saturated rings. The van der Waals surface area contributed by atoms with Crippen molar-refractivity contribution in [2.24, 2.45) is 5.73 Å². The van der Waals surface area contributed by atoms with Crippen LogP contribution in [0.3, 0.4) is 0 Å². The number of anilines is 1. The van der Waals surface area contributed by atoms with Crippen LogP contribution in [-0.4, -0.2) is 26.7 Å². The quantitative estimate of drug-likeness (QED) is 0.790. The first-order valence-corrected chi connectivity index (χ1v) is 6.39. The molecular weight excluding hydrogens is 214 g/mol. The standard InChI is InChI=1S/C9H15N3O2S/c1-6(10)7-4-8(11-2)12-9(5-7)15(3,13)14/h4-6H,10H2,1-3H3,(H,11,12)/t6-/m0/s1. The second kappa shape index (κ2) is 4.16.